The van der Waals surface area contributed by atoms with Gasteiger partial charge >= 0.3 is 0 Å². The van der Waals surface area contributed by atoms with E-state index >= 15 is 0 Å². The third kappa shape index (κ3) is 2.36. The van der Waals surface area contributed by atoms with E-state index in [1.54, 1.807) is 11.1 Å². The summed E-state index contributed by atoms with van der Waals surface area (Å²) in [7, 11) is 0. The van der Waals surface area contributed by atoms with Crippen LogP contribution in [0, 0.1) is 6.92 Å². The highest BCUT2D eigenvalue weighted by Gasteiger charge is 2.27. The monoisotopic (exact) mass is 307 g/mol. The van der Waals surface area contributed by atoms with Crippen molar-refractivity contribution >= 4 is 11.6 Å². The van der Waals surface area contributed by atoms with Gasteiger partial charge in [0.25, 0.3) is 5.91 Å². The molecule has 3 aromatic rings. The Morgan fingerprint density at radius 1 is 1.22 bits per heavy atom. The minimum Gasteiger partial charge on any atom is -0.327 e. The number of fused-ring (bicyclic) bond motifs is 2. The molecule has 0 radical (unpaired) electrons. The SMILES string of the molecule is CCc1ncc2c(n1)CN(C(=O)c1cn3cc(C)ccc3n1)C2. The molecular formula is C17H17N5O. The Bertz CT molecular complexity index is 914. The normalized spacial score (nSPS) is 13.6. The highest BCUT2D eigenvalue weighted by molar-refractivity contribution is 5.93. The van der Waals surface area contributed by atoms with Crippen LogP contribution in [0.5, 0.6) is 0 Å². The van der Waals surface area contributed by atoms with E-state index in [2.05, 4.69) is 15.0 Å². The molecule has 1 aliphatic heterocycles. The van der Waals surface area contributed by atoms with Gasteiger partial charge in [-0.05, 0) is 18.6 Å². The third-order valence-electron chi connectivity index (χ3n) is 4.13. The zero-order chi connectivity index (χ0) is 16.0. The number of aromatic nitrogens is 4. The zero-order valence-electron chi connectivity index (χ0n) is 13.2. The highest BCUT2D eigenvalue weighted by atomic mass is 16.2. The van der Waals surface area contributed by atoms with E-state index in [1.807, 2.05) is 42.8 Å². The molecule has 4 rings (SSSR count). The Kier molecular flexibility index (Phi) is 3.11. The maximum Gasteiger partial charge on any atom is 0.274 e. The van der Waals surface area contributed by atoms with Crippen molar-refractivity contribution in [3.63, 3.8) is 0 Å². The first kappa shape index (κ1) is 13.9. The Morgan fingerprint density at radius 2 is 2.09 bits per heavy atom. The molecule has 0 aromatic carbocycles. The molecule has 6 nitrogen and oxygen atoms in total. The van der Waals surface area contributed by atoms with Gasteiger partial charge in [0.15, 0.2) is 0 Å². The average Bonchev–Trinajstić information content (AvgIpc) is 3.16. The summed E-state index contributed by atoms with van der Waals surface area (Å²) in [6, 6.07) is 3.91. The maximum absolute atomic E-state index is 12.7. The van der Waals surface area contributed by atoms with Gasteiger partial charge in [0, 0.05) is 37.1 Å². The van der Waals surface area contributed by atoms with E-state index in [-0.39, 0.29) is 5.91 Å². The van der Waals surface area contributed by atoms with Crippen molar-refractivity contribution < 1.29 is 4.79 Å². The van der Waals surface area contributed by atoms with Gasteiger partial charge in [-0.3, -0.25) is 4.79 Å². The van der Waals surface area contributed by atoms with Crippen LogP contribution in [0.4, 0.5) is 0 Å². The molecule has 0 N–H and O–H groups in total. The predicted molar refractivity (Wildman–Crippen MR) is 84.9 cm³/mol. The number of amides is 1. The minimum absolute atomic E-state index is 0.0672. The molecule has 6 heteroatoms. The van der Waals surface area contributed by atoms with Gasteiger partial charge in [0.2, 0.25) is 0 Å². The lowest BCUT2D eigenvalue weighted by Crippen LogP contribution is -2.25. The summed E-state index contributed by atoms with van der Waals surface area (Å²) >= 11 is 0. The fourth-order valence-corrected chi connectivity index (χ4v) is 2.88. The quantitative estimate of drug-likeness (QED) is 0.728. The molecule has 116 valence electrons. The smallest absolute Gasteiger partial charge is 0.274 e. The minimum atomic E-state index is -0.0672. The lowest BCUT2D eigenvalue weighted by molar-refractivity contribution is 0.0745. The number of imidazole rings is 1. The molecule has 0 bridgehead atoms. The molecule has 0 unspecified atom stereocenters. The van der Waals surface area contributed by atoms with E-state index in [4.69, 9.17) is 0 Å². The average molecular weight is 307 g/mol. The Morgan fingerprint density at radius 3 is 2.91 bits per heavy atom. The van der Waals surface area contributed by atoms with E-state index < -0.39 is 0 Å². The number of rotatable bonds is 2. The number of hydrogen-bond donors (Lipinski definition) is 0. The van der Waals surface area contributed by atoms with Crippen molar-refractivity contribution in [1.82, 2.24) is 24.3 Å². The fourth-order valence-electron chi connectivity index (χ4n) is 2.88. The van der Waals surface area contributed by atoms with Crippen LogP contribution in [-0.2, 0) is 19.5 Å². The topological polar surface area (TPSA) is 63.4 Å². The van der Waals surface area contributed by atoms with Crippen molar-refractivity contribution in [2.45, 2.75) is 33.4 Å². The molecular weight excluding hydrogens is 290 g/mol. The molecule has 0 spiro atoms. The molecule has 1 amide bonds. The Hall–Kier alpha value is -2.76. The van der Waals surface area contributed by atoms with Gasteiger partial charge in [-0.15, -0.1) is 0 Å². The number of carbonyl (C=O) groups excluding carboxylic acids is 1. The number of nitrogens with zero attached hydrogens (tertiary/aromatic N) is 5. The van der Waals surface area contributed by atoms with Gasteiger partial charge in [-0.1, -0.05) is 13.0 Å². The molecule has 0 aliphatic carbocycles. The Labute approximate surface area is 133 Å². The van der Waals surface area contributed by atoms with Gasteiger partial charge in [-0.2, -0.15) is 0 Å². The van der Waals surface area contributed by atoms with Gasteiger partial charge < -0.3 is 9.30 Å². The largest absolute Gasteiger partial charge is 0.327 e. The van der Waals surface area contributed by atoms with Crippen molar-refractivity contribution in [2.24, 2.45) is 0 Å². The number of hydrogen-bond acceptors (Lipinski definition) is 4. The number of pyridine rings is 1. The first-order valence-electron chi connectivity index (χ1n) is 7.72. The summed E-state index contributed by atoms with van der Waals surface area (Å²) in [4.78, 5) is 27.8. The Balaban J connectivity index is 1.62. The van der Waals surface area contributed by atoms with Crippen LogP contribution in [0.3, 0.4) is 0 Å². The van der Waals surface area contributed by atoms with Crippen LogP contribution in [0.15, 0.2) is 30.7 Å². The van der Waals surface area contributed by atoms with Crippen LogP contribution >= 0.6 is 0 Å². The second-order valence-electron chi connectivity index (χ2n) is 5.87. The predicted octanol–water partition coefficient (Wildman–Crippen LogP) is 2.15. The number of aryl methyl sites for hydroxylation is 2. The van der Waals surface area contributed by atoms with Gasteiger partial charge in [-0.25, -0.2) is 15.0 Å². The molecule has 0 fully saturated rings. The first-order chi connectivity index (χ1) is 11.1. The molecule has 0 saturated heterocycles. The highest BCUT2D eigenvalue weighted by Crippen LogP contribution is 2.22. The zero-order valence-corrected chi connectivity index (χ0v) is 13.2. The third-order valence-corrected chi connectivity index (χ3v) is 4.13. The molecule has 4 heterocycles. The summed E-state index contributed by atoms with van der Waals surface area (Å²) in [6.07, 6.45) is 6.39. The second kappa shape index (κ2) is 5.15. The van der Waals surface area contributed by atoms with Crippen LogP contribution in [0.1, 0.15) is 40.1 Å². The number of carbonyl (C=O) groups is 1. The molecule has 0 atom stereocenters. The lowest BCUT2D eigenvalue weighted by Gasteiger charge is -2.12. The molecule has 23 heavy (non-hydrogen) atoms. The van der Waals surface area contributed by atoms with Crippen molar-refractivity contribution in [1.29, 1.82) is 0 Å². The van der Waals surface area contributed by atoms with Gasteiger partial charge in [0.05, 0.1) is 12.2 Å². The van der Waals surface area contributed by atoms with E-state index in [0.717, 1.165) is 34.7 Å². The molecule has 0 saturated carbocycles. The summed E-state index contributed by atoms with van der Waals surface area (Å²) in [5.74, 6) is 0.753. The van der Waals surface area contributed by atoms with Crippen molar-refractivity contribution in [3.05, 3.63) is 59.1 Å². The lowest BCUT2D eigenvalue weighted by atomic mass is 10.3. The molecule has 3 aromatic heterocycles. The fraction of sp³-hybridized carbons (Fsp3) is 0.294. The van der Waals surface area contributed by atoms with Crippen molar-refractivity contribution in [3.8, 4) is 0 Å². The van der Waals surface area contributed by atoms with Crippen LogP contribution in [-0.4, -0.2) is 30.2 Å². The van der Waals surface area contributed by atoms with E-state index in [9.17, 15) is 4.79 Å². The van der Waals surface area contributed by atoms with Crippen LogP contribution in [0.25, 0.3) is 5.65 Å². The van der Waals surface area contributed by atoms with Crippen LogP contribution in [0.2, 0.25) is 0 Å². The van der Waals surface area contributed by atoms with Gasteiger partial charge in [0.1, 0.15) is 17.2 Å². The van der Waals surface area contributed by atoms with E-state index in [0.29, 0.717) is 18.8 Å². The summed E-state index contributed by atoms with van der Waals surface area (Å²) in [5.41, 5.74) is 4.35. The summed E-state index contributed by atoms with van der Waals surface area (Å²) < 4.78 is 1.89. The second-order valence-corrected chi connectivity index (χ2v) is 5.87. The summed E-state index contributed by atoms with van der Waals surface area (Å²) in [5, 5.41) is 0. The van der Waals surface area contributed by atoms with E-state index in [1.165, 1.54) is 0 Å². The standard InChI is InChI=1S/C17H17N5O/c1-3-15-18-6-12-8-22(9-13(12)19-15)17(23)14-10-21-7-11(2)4-5-16(21)20-14/h4-7,10H,3,8-9H2,1-2H3. The van der Waals surface area contributed by atoms with Crippen molar-refractivity contribution in [2.75, 3.05) is 0 Å². The first-order valence-corrected chi connectivity index (χ1v) is 7.72. The molecule has 1 aliphatic rings. The van der Waals surface area contributed by atoms with Crippen LogP contribution < -0.4 is 0 Å². The summed E-state index contributed by atoms with van der Waals surface area (Å²) in [6.45, 7) is 5.11. The maximum atomic E-state index is 12.7.